The minimum Gasteiger partial charge on any atom is -0.501 e. The molecule has 0 bridgehead atoms. The van der Waals surface area contributed by atoms with Gasteiger partial charge in [0.15, 0.2) is 0 Å². The fourth-order valence-electron chi connectivity index (χ4n) is 3.85. The van der Waals surface area contributed by atoms with Gasteiger partial charge in [0.25, 0.3) is 0 Å². The molecule has 172 valence electrons. The van der Waals surface area contributed by atoms with E-state index in [0.29, 0.717) is 13.0 Å². The van der Waals surface area contributed by atoms with Crippen molar-refractivity contribution in [2.45, 2.75) is 31.9 Å². The molecule has 0 unspecified atom stereocenters. The van der Waals surface area contributed by atoms with Crippen LogP contribution in [-0.4, -0.2) is 24.5 Å². The Labute approximate surface area is 194 Å². The Kier molecular flexibility index (Phi) is 6.83. The molecule has 0 aliphatic heterocycles. The van der Waals surface area contributed by atoms with Crippen LogP contribution < -0.4 is 4.90 Å². The number of thiazole rings is 1. The second-order valence-electron chi connectivity index (χ2n) is 7.76. The Bertz CT molecular complexity index is 1200. The first-order valence-electron chi connectivity index (χ1n) is 10.6. The van der Waals surface area contributed by atoms with Gasteiger partial charge in [-0.1, -0.05) is 24.3 Å². The molecule has 1 amide bonds. The van der Waals surface area contributed by atoms with E-state index in [4.69, 9.17) is 4.74 Å². The number of anilines is 1. The van der Waals surface area contributed by atoms with Crippen molar-refractivity contribution in [1.82, 2.24) is 4.98 Å². The van der Waals surface area contributed by atoms with Gasteiger partial charge in [0.1, 0.15) is 0 Å². The van der Waals surface area contributed by atoms with E-state index in [1.54, 1.807) is 17.5 Å². The van der Waals surface area contributed by atoms with Crippen LogP contribution in [0.25, 0.3) is 10.2 Å². The molecule has 0 fully saturated rings. The average Bonchev–Trinajstić information content (AvgIpc) is 3.27. The first-order valence-corrected chi connectivity index (χ1v) is 11.5. The molecule has 1 heterocycles. The normalized spacial score (nSPS) is 14.1. The van der Waals surface area contributed by atoms with E-state index in [0.717, 1.165) is 57.8 Å². The van der Waals surface area contributed by atoms with Gasteiger partial charge in [-0.3, -0.25) is 4.79 Å². The van der Waals surface area contributed by atoms with E-state index in [2.05, 4.69) is 4.98 Å². The summed E-state index contributed by atoms with van der Waals surface area (Å²) in [5, 5.41) is 0. The van der Waals surface area contributed by atoms with Gasteiger partial charge in [0, 0.05) is 18.7 Å². The number of carbonyl (C=O) groups excluding carboxylic acids is 1. The van der Waals surface area contributed by atoms with Crippen LogP contribution in [0, 0.1) is 0 Å². The number of aromatic nitrogens is 1. The second-order valence-corrected chi connectivity index (χ2v) is 8.65. The van der Waals surface area contributed by atoms with Crippen LogP contribution >= 0.6 is 11.3 Å². The zero-order chi connectivity index (χ0) is 23.4. The summed E-state index contributed by atoms with van der Waals surface area (Å²) in [7, 11) is 1.61. The van der Waals surface area contributed by atoms with E-state index in [1.165, 1.54) is 23.5 Å². The van der Waals surface area contributed by atoms with E-state index in [9.17, 15) is 18.0 Å². The number of benzene rings is 2. The number of nitrogens with zero attached hydrogens (tertiary/aromatic N) is 2. The number of carbonyl (C=O) groups is 1. The first-order chi connectivity index (χ1) is 15.8. The number of rotatable bonds is 7. The number of allylic oxidation sites excluding steroid dienone is 3. The number of hydrogen-bond donors (Lipinski definition) is 0. The number of hydrogen-bond acceptors (Lipinski definition) is 4. The predicted molar refractivity (Wildman–Crippen MR) is 124 cm³/mol. The third-order valence-corrected chi connectivity index (χ3v) is 6.43. The molecular formula is C25H23F3N2O2S. The van der Waals surface area contributed by atoms with Gasteiger partial charge in [-0.15, -0.1) is 11.3 Å². The van der Waals surface area contributed by atoms with Gasteiger partial charge in [0.05, 0.1) is 40.6 Å². The molecule has 0 radical (unpaired) electrons. The largest absolute Gasteiger partial charge is 0.501 e. The Morgan fingerprint density at radius 1 is 1.18 bits per heavy atom. The van der Waals surface area contributed by atoms with Gasteiger partial charge < -0.3 is 9.64 Å². The van der Waals surface area contributed by atoms with Gasteiger partial charge >= 0.3 is 6.18 Å². The summed E-state index contributed by atoms with van der Waals surface area (Å²) in [5.41, 5.74) is 4.26. The Balaban J connectivity index is 1.57. The molecule has 0 N–H and O–H groups in total. The smallest absolute Gasteiger partial charge is 0.416 e. The van der Waals surface area contributed by atoms with Crippen LogP contribution in [0.1, 0.15) is 30.4 Å². The van der Waals surface area contributed by atoms with Crippen molar-refractivity contribution >= 4 is 33.1 Å². The number of amides is 1. The maximum absolute atomic E-state index is 13.4. The van der Waals surface area contributed by atoms with Crippen molar-refractivity contribution in [2.75, 3.05) is 18.6 Å². The summed E-state index contributed by atoms with van der Waals surface area (Å²) in [6.07, 6.45) is 1.84. The average molecular weight is 473 g/mol. The summed E-state index contributed by atoms with van der Waals surface area (Å²) < 4.78 is 45.0. The molecular weight excluding hydrogens is 449 g/mol. The van der Waals surface area contributed by atoms with Crippen LogP contribution in [0.3, 0.4) is 0 Å². The Morgan fingerprint density at radius 3 is 2.70 bits per heavy atom. The van der Waals surface area contributed by atoms with E-state index in [-0.39, 0.29) is 12.3 Å². The number of fused-ring (bicyclic) bond motifs is 1. The standard InChI is InChI=1S/C25H23F3N2O2S/c1-32-22-5-3-2-4-18(22)14-24(31)30(20-10-11-21-23(15-20)33-16-29-21)13-12-17-6-8-19(9-7-17)25(26,27)28/h2,4,6-11,15-16H,3,5,12-14H2,1H3. The zero-order valence-electron chi connectivity index (χ0n) is 18.1. The van der Waals surface area contributed by atoms with E-state index >= 15 is 0 Å². The molecule has 0 atom stereocenters. The van der Waals surface area contributed by atoms with Crippen LogP contribution in [0.4, 0.5) is 18.9 Å². The summed E-state index contributed by atoms with van der Waals surface area (Å²) >= 11 is 1.49. The monoisotopic (exact) mass is 472 g/mol. The maximum atomic E-state index is 13.4. The second kappa shape index (κ2) is 9.79. The highest BCUT2D eigenvalue weighted by molar-refractivity contribution is 7.16. The van der Waals surface area contributed by atoms with E-state index < -0.39 is 11.7 Å². The van der Waals surface area contributed by atoms with Gasteiger partial charge in [-0.2, -0.15) is 13.2 Å². The lowest BCUT2D eigenvalue weighted by molar-refractivity contribution is -0.137. The molecule has 8 heteroatoms. The first kappa shape index (κ1) is 23.0. The molecule has 4 nitrogen and oxygen atoms in total. The van der Waals surface area contributed by atoms with Crippen molar-refractivity contribution in [3.63, 3.8) is 0 Å². The minimum absolute atomic E-state index is 0.0955. The van der Waals surface area contributed by atoms with E-state index in [1.807, 2.05) is 30.4 Å². The number of alkyl halides is 3. The molecule has 0 spiro atoms. The minimum atomic E-state index is -4.37. The summed E-state index contributed by atoms with van der Waals surface area (Å²) in [6, 6.07) is 10.7. The molecule has 33 heavy (non-hydrogen) atoms. The third kappa shape index (κ3) is 5.45. The van der Waals surface area contributed by atoms with Crippen molar-refractivity contribution < 1.29 is 22.7 Å². The molecule has 1 aliphatic rings. The van der Waals surface area contributed by atoms with Crippen molar-refractivity contribution in [2.24, 2.45) is 0 Å². The summed E-state index contributed by atoms with van der Waals surface area (Å²) in [4.78, 5) is 19.4. The molecule has 0 saturated heterocycles. The van der Waals surface area contributed by atoms with Crippen molar-refractivity contribution in [3.05, 3.63) is 82.6 Å². The molecule has 2 aromatic carbocycles. The number of halogens is 3. The lowest BCUT2D eigenvalue weighted by Gasteiger charge is -2.24. The zero-order valence-corrected chi connectivity index (χ0v) is 18.9. The summed E-state index contributed by atoms with van der Waals surface area (Å²) in [6.45, 7) is 0.341. The molecule has 1 aliphatic carbocycles. The number of methoxy groups -OCH3 is 1. The van der Waals surface area contributed by atoms with Crippen LogP contribution in [0.2, 0.25) is 0 Å². The number of ether oxygens (including phenoxy) is 1. The molecule has 1 aromatic heterocycles. The molecule has 0 saturated carbocycles. The van der Waals surface area contributed by atoms with Gasteiger partial charge in [-0.05, 0) is 54.3 Å². The summed E-state index contributed by atoms with van der Waals surface area (Å²) in [5.74, 6) is 0.716. The Hall–Kier alpha value is -3.13. The highest BCUT2D eigenvalue weighted by atomic mass is 32.1. The van der Waals surface area contributed by atoms with Crippen LogP contribution in [-0.2, 0) is 22.1 Å². The topological polar surface area (TPSA) is 42.4 Å². The van der Waals surface area contributed by atoms with Gasteiger partial charge in [0.2, 0.25) is 5.91 Å². The maximum Gasteiger partial charge on any atom is 0.416 e. The van der Waals surface area contributed by atoms with Gasteiger partial charge in [-0.25, -0.2) is 4.98 Å². The molecule has 4 rings (SSSR count). The third-order valence-electron chi connectivity index (χ3n) is 5.64. The lowest BCUT2D eigenvalue weighted by Crippen LogP contribution is -2.33. The fourth-order valence-corrected chi connectivity index (χ4v) is 4.56. The Morgan fingerprint density at radius 2 is 1.97 bits per heavy atom. The predicted octanol–water partition coefficient (Wildman–Crippen LogP) is 6.53. The highest BCUT2D eigenvalue weighted by Crippen LogP contribution is 2.30. The van der Waals surface area contributed by atoms with Crippen LogP contribution in [0.15, 0.2) is 71.5 Å². The highest BCUT2D eigenvalue weighted by Gasteiger charge is 2.30. The quantitative estimate of drug-likeness (QED) is 0.393. The van der Waals surface area contributed by atoms with Crippen molar-refractivity contribution in [3.8, 4) is 0 Å². The fraction of sp³-hybridized carbons (Fsp3) is 0.280. The SMILES string of the molecule is COC1=C(CC(=O)N(CCc2ccc(C(F)(F)F)cc2)c2ccc3ncsc3c2)C=CCC1. The van der Waals surface area contributed by atoms with Crippen molar-refractivity contribution in [1.29, 1.82) is 0 Å². The van der Waals surface area contributed by atoms with Crippen LogP contribution in [0.5, 0.6) is 0 Å². The lowest BCUT2D eigenvalue weighted by atomic mass is 10.0. The molecule has 3 aromatic rings.